The van der Waals surface area contributed by atoms with E-state index in [1.807, 2.05) is 12.2 Å². The summed E-state index contributed by atoms with van der Waals surface area (Å²) in [5.74, 6) is -0.601. The summed E-state index contributed by atoms with van der Waals surface area (Å²) in [7, 11) is 0. The minimum Gasteiger partial charge on any atom is -0.274 e. The number of carbonyl (C=O) groups is 2. The minimum absolute atomic E-state index is 0.171. The lowest BCUT2D eigenvalue weighted by atomic mass is 9.85. The number of rotatable bonds is 1. The Kier molecular flexibility index (Phi) is 2.24. The second-order valence-corrected chi connectivity index (χ2v) is 4.22. The third-order valence-corrected chi connectivity index (χ3v) is 3.26. The van der Waals surface area contributed by atoms with Crippen molar-refractivity contribution in [3.63, 3.8) is 0 Å². The average Bonchev–Trinajstić information content (AvgIpc) is 2.64. The fourth-order valence-corrected chi connectivity index (χ4v) is 2.40. The number of fused-ring (bicyclic) bond motifs is 1. The highest BCUT2D eigenvalue weighted by Crippen LogP contribution is 2.36. The van der Waals surface area contributed by atoms with E-state index in [2.05, 4.69) is 9.97 Å². The SMILES string of the molecule is O=C1C2CC=CCC2C(=O)N1c1ncccn1. The molecule has 3 rings (SSSR count). The van der Waals surface area contributed by atoms with Gasteiger partial charge >= 0.3 is 0 Å². The molecule has 1 aromatic rings. The van der Waals surface area contributed by atoms with Gasteiger partial charge in [0.1, 0.15) is 0 Å². The number of nitrogens with zero attached hydrogens (tertiary/aromatic N) is 3. The van der Waals surface area contributed by atoms with E-state index >= 15 is 0 Å². The van der Waals surface area contributed by atoms with Gasteiger partial charge in [-0.1, -0.05) is 12.2 Å². The molecule has 0 spiro atoms. The van der Waals surface area contributed by atoms with Crippen LogP contribution in [-0.2, 0) is 9.59 Å². The summed E-state index contributed by atoms with van der Waals surface area (Å²) in [5.41, 5.74) is 0. The first kappa shape index (κ1) is 10.1. The van der Waals surface area contributed by atoms with E-state index in [4.69, 9.17) is 0 Å². The zero-order valence-electron chi connectivity index (χ0n) is 9.11. The number of hydrogen-bond acceptors (Lipinski definition) is 4. The third-order valence-electron chi connectivity index (χ3n) is 3.26. The number of amides is 2. The third kappa shape index (κ3) is 1.46. The minimum atomic E-state index is -0.226. The van der Waals surface area contributed by atoms with Crippen molar-refractivity contribution < 1.29 is 9.59 Å². The molecule has 0 bridgehead atoms. The summed E-state index contributed by atoms with van der Waals surface area (Å²) in [6.45, 7) is 0. The molecule has 5 nitrogen and oxygen atoms in total. The van der Waals surface area contributed by atoms with E-state index in [9.17, 15) is 9.59 Å². The molecule has 2 aliphatic rings. The predicted octanol–water partition coefficient (Wildman–Crippen LogP) is 0.932. The highest BCUT2D eigenvalue weighted by Gasteiger charge is 2.48. The maximum absolute atomic E-state index is 12.1. The predicted molar refractivity (Wildman–Crippen MR) is 59.9 cm³/mol. The molecule has 0 N–H and O–H groups in total. The first-order chi connectivity index (χ1) is 8.29. The van der Waals surface area contributed by atoms with E-state index < -0.39 is 0 Å². The highest BCUT2D eigenvalue weighted by atomic mass is 16.2. The number of imide groups is 1. The molecule has 86 valence electrons. The van der Waals surface area contributed by atoms with Crippen molar-refractivity contribution in [3.8, 4) is 0 Å². The van der Waals surface area contributed by atoms with Gasteiger partial charge in [-0.25, -0.2) is 14.9 Å². The molecule has 0 saturated carbocycles. The van der Waals surface area contributed by atoms with Crippen LogP contribution in [0, 0.1) is 11.8 Å². The first-order valence-electron chi connectivity index (χ1n) is 5.59. The molecule has 0 radical (unpaired) electrons. The zero-order valence-corrected chi connectivity index (χ0v) is 9.11. The van der Waals surface area contributed by atoms with Gasteiger partial charge < -0.3 is 0 Å². The van der Waals surface area contributed by atoms with Crippen LogP contribution in [0.5, 0.6) is 0 Å². The lowest BCUT2D eigenvalue weighted by molar-refractivity contribution is -0.122. The Bertz CT molecular complexity index is 472. The van der Waals surface area contributed by atoms with E-state index in [0.717, 1.165) is 4.90 Å². The van der Waals surface area contributed by atoms with E-state index in [0.29, 0.717) is 12.8 Å². The molecule has 2 unspecified atom stereocenters. The van der Waals surface area contributed by atoms with Gasteiger partial charge in [-0.3, -0.25) is 9.59 Å². The van der Waals surface area contributed by atoms with Crippen LogP contribution in [0.4, 0.5) is 5.95 Å². The molecule has 1 aromatic heterocycles. The largest absolute Gasteiger partial charge is 0.274 e. The summed E-state index contributed by atoms with van der Waals surface area (Å²) in [6.07, 6.45) is 8.26. The second-order valence-electron chi connectivity index (χ2n) is 4.22. The normalized spacial score (nSPS) is 27.4. The van der Waals surface area contributed by atoms with Crippen LogP contribution >= 0.6 is 0 Å². The van der Waals surface area contributed by atoms with Crippen LogP contribution in [0.15, 0.2) is 30.6 Å². The number of allylic oxidation sites excluding steroid dienone is 2. The van der Waals surface area contributed by atoms with Crippen molar-refractivity contribution in [1.82, 2.24) is 9.97 Å². The zero-order chi connectivity index (χ0) is 11.8. The molecule has 1 aliphatic heterocycles. The van der Waals surface area contributed by atoms with E-state index in [1.165, 1.54) is 12.4 Å². The maximum atomic E-state index is 12.1. The molecule has 2 heterocycles. The van der Waals surface area contributed by atoms with Gasteiger partial charge in [-0.15, -0.1) is 0 Å². The van der Waals surface area contributed by atoms with Crippen LogP contribution in [-0.4, -0.2) is 21.8 Å². The second kappa shape index (κ2) is 3.76. The summed E-state index contributed by atoms with van der Waals surface area (Å²) in [5, 5.41) is 0. The van der Waals surface area contributed by atoms with Crippen LogP contribution in [0.3, 0.4) is 0 Å². The molecule has 1 saturated heterocycles. The van der Waals surface area contributed by atoms with Gasteiger partial charge in [0.25, 0.3) is 0 Å². The highest BCUT2D eigenvalue weighted by molar-refractivity contribution is 6.21. The summed E-state index contributed by atoms with van der Waals surface area (Å²) in [6, 6.07) is 1.66. The fraction of sp³-hybridized carbons (Fsp3) is 0.333. The Morgan fingerprint density at radius 2 is 1.53 bits per heavy atom. The first-order valence-corrected chi connectivity index (χ1v) is 5.59. The van der Waals surface area contributed by atoms with Crippen LogP contribution < -0.4 is 4.90 Å². The Balaban J connectivity index is 1.98. The molecule has 5 heteroatoms. The van der Waals surface area contributed by atoms with Crippen LogP contribution in [0.2, 0.25) is 0 Å². The Morgan fingerprint density at radius 1 is 1.00 bits per heavy atom. The van der Waals surface area contributed by atoms with Gasteiger partial charge in [0.2, 0.25) is 17.8 Å². The van der Waals surface area contributed by atoms with Crippen molar-refractivity contribution in [2.75, 3.05) is 4.90 Å². The molecular formula is C12H11N3O2. The van der Waals surface area contributed by atoms with Gasteiger partial charge in [-0.2, -0.15) is 0 Å². The lowest BCUT2D eigenvalue weighted by Gasteiger charge is -2.14. The Hall–Kier alpha value is -2.04. The summed E-state index contributed by atoms with van der Waals surface area (Å²) >= 11 is 0. The van der Waals surface area contributed by atoms with Crippen molar-refractivity contribution >= 4 is 17.8 Å². The number of hydrogen-bond donors (Lipinski definition) is 0. The monoisotopic (exact) mass is 229 g/mol. The van der Waals surface area contributed by atoms with E-state index in [1.54, 1.807) is 6.07 Å². The topological polar surface area (TPSA) is 63.2 Å². The van der Waals surface area contributed by atoms with Gasteiger partial charge in [-0.05, 0) is 18.9 Å². The fourth-order valence-electron chi connectivity index (χ4n) is 2.40. The van der Waals surface area contributed by atoms with Gasteiger partial charge in [0.05, 0.1) is 11.8 Å². The quantitative estimate of drug-likeness (QED) is 0.531. The van der Waals surface area contributed by atoms with E-state index in [-0.39, 0.29) is 29.6 Å². The molecule has 17 heavy (non-hydrogen) atoms. The number of carbonyl (C=O) groups excluding carboxylic acids is 2. The molecule has 0 aromatic carbocycles. The van der Waals surface area contributed by atoms with Gasteiger partial charge in [0.15, 0.2) is 0 Å². The molecule has 1 aliphatic carbocycles. The van der Waals surface area contributed by atoms with Crippen molar-refractivity contribution in [2.24, 2.45) is 11.8 Å². The number of anilines is 1. The molecule has 2 amide bonds. The standard InChI is InChI=1S/C12H11N3O2/c16-10-8-4-1-2-5-9(8)11(17)15(10)12-13-6-3-7-14-12/h1-3,6-9H,4-5H2. The molecule has 1 fully saturated rings. The number of aromatic nitrogens is 2. The Labute approximate surface area is 98.2 Å². The lowest BCUT2D eigenvalue weighted by Crippen LogP contribution is -2.32. The van der Waals surface area contributed by atoms with Crippen LogP contribution in [0.1, 0.15) is 12.8 Å². The molecular weight excluding hydrogens is 218 g/mol. The summed E-state index contributed by atoms with van der Waals surface area (Å²) in [4.78, 5) is 33.4. The van der Waals surface area contributed by atoms with Crippen molar-refractivity contribution in [1.29, 1.82) is 0 Å². The van der Waals surface area contributed by atoms with Gasteiger partial charge in [0, 0.05) is 12.4 Å². The maximum Gasteiger partial charge on any atom is 0.240 e. The van der Waals surface area contributed by atoms with Crippen LogP contribution in [0.25, 0.3) is 0 Å². The average molecular weight is 229 g/mol. The Morgan fingerprint density at radius 3 is 2.06 bits per heavy atom. The van der Waals surface area contributed by atoms with Crippen molar-refractivity contribution in [2.45, 2.75) is 12.8 Å². The summed E-state index contributed by atoms with van der Waals surface area (Å²) < 4.78 is 0. The molecule has 2 atom stereocenters. The van der Waals surface area contributed by atoms with Crippen molar-refractivity contribution in [3.05, 3.63) is 30.6 Å². The smallest absolute Gasteiger partial charge is 0.240 e.